The summed E-state index contributed by atoms with van der Waals surface area (Å²) in [5.41, 5.74) is 6.25. The van der Waals surface area contributed by atoms with E-state index in [1.165, 1.54) is 64.2 Å². The van der Waals surface area contributed by atoms with Gasteiger partial charge >= 0.3 is 0 Å². The summed E-state index contributed by atoms with van der Waals surface area (Å²) in [5.74, 6) is 0. The van der Waals surface area contributed by atoms with Gasteiger partial charge in [0.15, 0.2) is 0 Å². The predicted molar refractivity (Wildman–Crippen MR) is 71.4 cm³/mol. The van der Waals surface area contributed by atoms with Crippen LogP contribution in [0.1, 0.15) is 64.2 Å². The first-order valence-electron chi connectivity index (χ1n) is 6.63. The Morgan fingerprint density at radius 2 is 1.27 bits per heavy atom. The van der Waals surface area contributed by atoms with Gasteiger partial charge in [-0.05, 0) is 19.1 Å². The van der Waals surface area contributed by atoms with Gasteiger partial charge in [-0.1, -0.05) is 51.4 Å². The van der Waals surface area contributed by atoms with Crippen LogP contribution in [-0.4, -0.2) is 17.5 Å². The fourth-order valence-corrected chi connectivity index (χ4v) is 3.37. The van der Waals surface area contributed by atoms with Crippen LogP contribution in [0.5, 0.6) is 0 Å². The van der Waals surface area contributed by atoms with Crippen molar-refractivity contribution in [1.82, 2.24) is 0 Å². The molecule has 2 N–H and O–H groups in total. The van der Waals surface area contributed by atoms with Crippen molar-refractivity contribution in [2.75, 3.05) is 6.26 Å². The molecule has 0 bridgehead atoms. The normalized spacial score (nSPS) is 31.6. The maximum Gasteiger partial charge on any atom is 0.0196 e. The van der Waals surface area contributed by atoms with Crippen molar-refractivity contribution in [3.05, 3.63) is 0 Å². The predicted octanol–water partition coefficient (Wildman–Crippen LogP) is 3.96. The van der Waals surface area contributed by atoms with Crippen LogP contribution in [0.3, 0.4) is 0 Å². The van der Waals surface area contributed by atoms with Crippen LogP contribution >= 0.6 is 11.8 Å². The Bertz CT molecular complexity index is 149. The van der Waals surface area contributed by atoms with Gasteiger partial charge in [-0.15, -0.1) is 0 Å². The molecule has 1 aliphatic rings. The topological polar surface area (TPSA) is 26.0 Å². The van der Waals surface area contributed by atoms with E-state index in [1.54, 1.807) is 0 Å². The molecule has 2 heteroatoms. The van der Waals surface area contributed by atoms with Gasteiger partial charge in [0.2, 0.25) is 0 Å². The smallest absolute Gasteiger partial charge is 0.0196 e. The molecule has 1 saturated carbocycles. The maximum absolute atomic E-state index is 6.25. The molecule has 2 atom stereocenters. The summed E-state index contributed by atoms with van der Waals surface area (Å²) in [4.78, 5) is 0. The van der Waals surface area contributed by atoms with Gasteiger partial charge < -0.3 is 5.73 Å². The molecule has 2 unspecified atom stereocenters. The third-order valence-corrected chi connectivity index (χ3v) is 4.75. The largest absolute Gasteiger partial charge is 0.327 e. The second-order valence-electron chi connectivity index (χ2n) is 4.84. The highest BCUT2D eigenvalue weighted by molar-refractivity contribution is 7.99. The molecule has 0 aromatic rings. The van der Waals surface area contributed by atoms with Gasteiger partial charge in [-0.2, -0.15) is 11.8 Å². The fourth-order valence-electron chi connectivity index (χ4n) is 2.48. The van der Waals surface area contributed by atoms with E-state index in [1.807, 2.05) is 11.8 Å². The summed E-state index contributed by atoms with van der Waals surface area (Å²) in [6.45, 7) is 0. The van der Waals surface area contributed by atoms with Gasteiger partial charge in [0, 0.05) is 11.3 Å². The summed E-state index contributed by atoms with van der Waals surface area (Å²) < 4.78 is 0. The van der Waals surface area contributed by atoms with Crippen LogP contribution in [-0.2, 0) is 0 Å². The Morgan fingerprint density at radius 3 is 1.80 bits per heavy atom. The number of rotatable bonds is 1. The van der Waals surface area contributed by atoms with Gasteiger partial charge in [0.05, 0.1) is 0 Å². The average molecular weight is 229 g/mol. The second-order valence-corrected chi connectivity index (χ2v) is 5.92. The summed E-state index contributed by atoms with van der Waals surface area (Å²) >= 11 is 1.98. The molecular formula is C13H27NS. The van der Waals surface area contributed by atoms with E-state index in [-0.39, 0.29) is 0 Å². The number of nitrogens with two attached hydrogens (primary N) is 1. The van der Waals surface area contributed by atoms with E-state index in [4.69, 9.17) is 5.73 Å². The molecule has 1 aliphatic carbocycles. The van der Waals surface area contributed by atoms with Crippen LogP contribution in [0.25, 0.3) is 0 Å². The van der Waals surface area contributed by atoms with E-state index in [9.17, 15) is 0 Å². The van der Waals surface area contributed by atoms with Crippen molar-refractivity contribution >= 4 is 11.8 Å². The summed E-state index contributed by atoms with van der Waals surface area (Å²) in [6, 6.07) is 0.444. The minimum atomic E-state index is 0.444. The summed E-state index contributed by atoms with van der Waals surface area (Å²) in [5, 5.41) is 0.712. The molecule has 0 saturated heterocycles. The van der Waals surface area contributed by atoms with Crippen molar-refractivity contribution in [2.24, 2.45) is 5.73 Å². The molecule has 0 aromatic heterocycles. The highest BCUT2D eigenvalue weighted by Crippen LogP contribution is 2.22. The van der Waals surface area contributed by atoms with Crippen molar-refractivity contribution in [2.45, 2.75) is 75.5 Å². The number of thioether (sulfide) groups is 1. The average Bonchev–Trinajstić information content (AvgIpc) is 2.23. The molecule has 0 amide bonds. The van der Waals surface area contributed by atoms with Gasteiger partial charge in [0.1, 0.15) is 0 Å². The SMILES string of the molecule is CSC1CCCCCCCCCCC1N. The second kappa shape index (κ2) is 8.46. The first-order valence-corrected chi connectivity index (χ1v) is 7.92. The molecule has 15 heavy (non-hydrogen) atoms. The number of hydrogen-bond acceptors (Lipinski definition) is 2. The van der Waals surface area contributed by atoms with Crippen molar-refractivity contribution in [3.8, 4) is 0 Å². The fraction of sp³-hybridized carbons (Fsp3) is 1.00. The van der Waals surface area contributed by atoms with Crippen LogP contribution < -0.4 is 5.73 Å². The van der Waals surface area contributed by atoms with Crippen LogP contribution in [0.15, 0.2) is 0 Å². The van der Waals surface area contributed by atoms with E-state index < -0.39 is 0 Å². The lowest BCUT2D eigenvalue weighted by atomic mass is 9.98. The molecule has 1 nitrogen and oxygen atoms in total. The standard InChI is InChI=1S/C13H27NS/c1-15-13-11-9-7-5-3-2-4-6-8-10-12(13)14/h12-13H,2-11,14H2,1H3. The molecule has 0 radical (unpaired) electrons. The number of hydrogen-bond donors (Lipinski definition) is 1. The Balaban J connectivity index is 2.30. The quantitative estimate of drug-likeness (QED) is 0.736. The van der Waals surface area contributed by atoms with E-state index in [0.717, 1.165) is 0 Å². The zero-order valence-electron chi connectivity index (χ0n) is 10.2. The molecule has 1 rings (SSSR count). The van der Waals surface area contributed by atoms with E-state index >= 15 is 0 Å². The minimum Gasteiger partial charge on any atom is -0.327 e. The van der Waals surface area contributed by atoms with E-state index in [0.29, 0.717) is 11.3 Å². The van der Waals surface area contributed by atoms with Gasteiger partial charge in [-0.25, -0.2) is 0 Å². The summed E-state index contributed by atoms with van der Waals surface area (Å²) in [6.07, 6.45) is 16.1. The maximum atomic E-state index is 6.25. The van der Waals surface area contributed by atoms with Crippen LogP contribution in [0.2, 0.25) is 0 Å². The van der Waals surface area contributed by atoms with Gasteiger partial charge in [-0.3, -0.25) is 0 Å². The van der Waals surface area contributed by atoms with Crippen molar-refractivity contribution in [3.63, 3.8) is 0 Å². The lowest BCUT2D eigenvalue weighted by molar-refractivity contribution is 0.474. The first-order chi connectivity index (χ1) is 7.34. The zero-order valence-corrected chi connectivity index (χ0v) is 11.0. The van der Waals surface area contributed by atoms with Crippen LogP contribution in [0, 0.1) is 0 Å². The van der Waals surface area contributed by atoms with Crippen LogP contribution in [0.4, 0.5) is 0 Å². The molecule has 0 spiro atoms. The molecule has 0 aromatic carbocycles. The third kappa shape index (κ3) is 5.82. The Labute approximate surface area is 99.6 Å². The molecule has 0 heterocycles. The van der Waals surface area contributed by atoms with Crippen molar-refractivity contribution in [1.29, 1.82) is 0 Å². The highest BCUT2D eigenvalue weighted by Gasteiger charge is 2.16. The monoisotopic (exact) mass is 229 g/mol. The van der Waals surface area contributed by atoms with Gasteiger partial charge in [0.25, 0.3) is 0 Å². The molecular weight excluding hydrogens is 202 g/mol. The Hall–Kier alpha value is 0.310. The lowest BCUT2D eigenvalue weighted by Gasteiger charge is -2.22. The first kappa shape index (κ1) is 13.4. The highest BCUT2D eigenvalue weighted by atomic mass is 32.2. The molecule has 1 fully saturated rings. The summed E-state index contributed by atoms with van der Waals surface area (Å²) in [7, 11) is 0. The van der Waals surface area contributed by atoms with E-state index in [2.05, 4.69) is 6.26 Å². The Kier molecular flexibility index (Phi) is 7.54. The Morgan fingerprint density at radius 1 is 0.800 bits per heavy atom. The lowest BCUT2D eigenvalue weighted by Crippen LogP contribution is -2.32. The molecule has 90 valence electrons. The molecule has 0 aliphatic heterocycles. The van der Waals surface area contributed by atoms with Crippen molar-refractivity contribution < 1.29 is 0 Å². The zero-order chi connectivity index (χ0) is 10.9. The third-order valence-electron chi connectivity index (χ3n) is 3.56. The minimum absolute atomic E-state index is 0.444.